The number of benzene rings is 2. The summed E-state index contributed by atoms with van der Waals surface area (Å²) in [6.07, 6.45) is 20.5. The van der Waals surface area contributed by atoms with Crippen LogP contribution in [-0.2, 0) is 16.6 Å². The number of fused-ring (bicyclic) bond motifs is 1. The molecular weight excluding hydrogens is 641 g/mol. The third-order valence-corrected chi connectivity index (χ3v) is 12.3. The summed E-state index contributed by atoms with van der Waals surface area (Å²) in [7, 11) is 2.23. The maximum Gasteiger partial charge on any atom is 0.407 e. The van der Waals surface area contributed by atoms with Crippen LogP contribution >= 0.6 is 0 Å². The molecule has 4 aliphatic carbocycles. The van der Waals surface area contributed by atoms with Crippen LogP contribution in [0.4, 0.5) is 10.5 Å². The normalized spacial score (nSPS) is 25.5. The van der Waals surface area contributed by atoms with E-state index in [0.29, 0.717) is 5.92 Å². The number of amides is 1. The van der Waals surface area contributed by atoms with E-state index in [9.17, 15) is 4.79 Å². The van der Waals surface area contributed by atoms with Crippen molar-refractivity contribution in [1.82, 2.24) is 15.5 Å². The molecule has 2 N–H and O–H groups in total. The lowest BCUT2D eigenvalue weighted by molar-refractivity contribution is 0.0462. The second-order valence-corrected chi connectivity index (χ2v) is 17.9. The van der Waals surface area contributed by atoms with Crippen molar-refractivity contribution >= 4 is 11.8 Å². The van der Waals surface area contributed by atoms with Crippen molar-refractivity contribution in [3.63, 3.8) is 0 Å². The predicted octanol–water partition coefficient (Wildman–Crippen LogP) is 9.64. The zero-order valence-electron chi connectivity index (χ0n) is 33.1. The van der Waals surface area contributed by atoms with E-state index in [1.165, 1.54) is 72.9 Å². The number of anilines is 1. The van der Waals surface area contributed by atoms with E-state index < -0.39 is 5.60 Å². The summed E-state index contributed by atoms with van der Waals surface area (Å²) in [4.78, 5) is 17.3. The molecule has 6 nitrogen and oxygen atoms in total. The van der Waals surface area contributed by atoms with Gasteiger partial charge in [0.05, 0.1) is 0 Å². The molecule has 0 saturated heterocycles. The van der Waals surface area contributed by atoms with E-state index in [-0.39, 0.29) is 23.1 Å². The van der Waals surface area contributed by atoms with Gasteiger partial charge in [0.15, 0.2) is 0 Å². The van der Waals surface area contributed by atoms with E-state index in [2.05, 4.69) is 115 Å². The maximum atomic E-state index is 12.3. The highest BCUT2D eigenvalue weighted by Gasteiger charge is 2.68. The molecule has 52 heavy (non-hydrogen) atoms. The molecule has 2 aromatic rings. The van der Waals surface area contributed by atoms with E-state index in [0.717, 1.165) is 63.5 Å². The van der Waals surface area contributed by atoms with E-state index in [1.807, 2.05) is 20.8 Å². The summed E-state index contributed by atoms with van der Waals surface area (Å²) in [5.74, 6) is 1.39. The molecule has 6 heteroatoms. The molecule has 3 fully saturated rings. The third-order valence-electron chi connectivity index (χ3n) is 12.3. The predicted molar refractivity (Wildman–Crippen MR) is 217 cm³/mol. The zero-order chi connectivity index (χ0) is 36.9. The van der Waals surface area contributed by atoms with Gasteiger partial charge >= 0.3 is 6.09 Å². The van der Waals surface area contributed by atoms with Gasteiger partial charge in [-0.2, -0.15) is 0 Å². The van der Waals surface area contributed by atoms with Gasteiger partial charge in [0.1, 0.15) is 5.60 Å². The number of carbonyl (C=O) groups excluding carboxylic acids is 1. The van der Waals surface area contributed by atoms with Crippen molar-refractivity contribution in [2.24, 2.45) is 11.8 Å². The van der Waals surface area contributed by atoms with Crippen LogP contribution in [0.2, 0.25) is 0 Å². The molecule has 0 aromatic heterocycles. The van der Waals surface area contributed by atoms with Crippen molar-refractivity contribution in [1.29, 1.82) is 0 Å². The Balaban J connectivity index is 1.02. The van der Waals surface area contributed by atoms with Gasteiger partial charge in [0, 0.05) is 67.5 Å². The highest BCUT2D eigenvalue weighted by Crippen LogP contribution is 2.60. The van der Waals surface area contributed by atoms with Gasteiger partial charge in [-0.25, -0.2) is 4.79 Å². The molecule has 4 atom stereocenters. The molecule has 3 saturated carbocycles. The molecule has 3 unspecified atom stereocenters. The lowest BCUT2D eigenvalue weighted by Gasteiger charge is -2.37. The molecule has 6 rings (SSSR count). The highest BCUT2D eigenvalue weighted by molar-refractivity contribution is 5.68. The molecule has 0 heterocycles. The topological polar surface area (TPSA) is 56.8 Å². The molecule has 0 bridgehead atoms. The first-order chi connectivity index (χ1) is 24.8. The summed E-state index contributed by atoms with van der Waals surface area (Å²) >= 11 is 0. The lowest BCUT2D eigenvalue weighted by Crippen LogP contribution is -2.54. The van der Waals surface area contributed by atoms with E-state index in [4.69, 9.17) is 4.74 Å². The third kappa shape index (κ3) is 10.1. The minimum absolute atomic E-state index is 0.0299. The number of nitrogens with one attached hydrogen (secondary N) is 2. The number of likely N-dealkylation sites (N-methyl/N-ethyl adjacent to an activating group) is 1. The molecule has 0 aliphatic heterocycles. The molecule has 0 radical (unpaired) electrons. The molecule has 0 spiro atoms. The van der Waals surface area contributed by atoms with E-state index >= 15 is 0 Å². The molecule has 1 amide bonds. The molecule has 2 aromatic carbocycles. The number of rotatable bonds is 16. The monoisotopic (exact) mass is 707 g/mol. The van der Waals surface area contributed by atoms with Crippen LogP contribution in [0.5, 0.6) is 0 Å². The van der Waals surface area contributed by atoms with Crippen molar-refractivity contribution in [3.8, 4) is 0 Å². The Morgan fingerprint density at radius 2 is 1.71 bits per heavy atom. The Morgan fingerprint density at radius 3 is 2.37 bits per heavy atom. The van der Waals surface area contributed by atoms with Crippen molar-refractivity contribution < 1.29 is 9.53 Å². The first-order valence-corrected chi connectivity index (χ1v) is 20.2. The number of carbonyl (C=O) groups is 1. The summed E-state index contributed by atoms with van der Waals surface area (Å²) in [6, 6.07) is 18.5. The summed E-state index contributed by atoms with van der Waals surface area (Å²) in [5, 5.41) is 6.87. The minimum atomic E-state index is -0.482. The van der Waals surface area contributed by atoms with Crippen molar-refractivity contribution in [2.45, 2.75) is 128 Å². The Bertz CT molecular complexity index is 1580. The number of hydrogen-bond donors (Lipinski definition) is 2. The standard InChI is InChI=1S/C46H66N4O2/c1-34-13-19-39(20-14-34)45(6)26-23-38(24-27-45)33-50(28-25-35(2)48-46-31-41(46)42(32-46)47-43(51)52-44(3,4)5)30-29-49(7)40-21-17-37(18-22-40)16-15-36-11-9-8-10-12-36/h13-14,17-24,26,36,41-42,48H,2,8-12,15-16,25,27-33H2,1,3-7H3,(H,47,51)/t41?,42?,45?,46-/m1/s1. The van der Waals surface area contributed by atoms with Gasteiger partial charge in [0.25, 0.3) is 0 Å². The maximum absolute atomic E-state index is 12.3. The Morgan fingerprint density at radius 1 is 0.981 bits per heavy atom. The second kappa shape index (κ2) is 16.2. The van der Waals surface area contributed by atoms with Crippen LogP contribution in [0, 0.1) is 18.8 Å². The minimum Gasteiger partial charge on any atom is -0.444 e. The summed E-state index contributed by atoms with van der Waals surface area (Å²) in [6.45, 7) is 18.5. The zero-order valence-corrected chi connectivity index (χ0v) is 33.1. The summed E-state index contributed by atoms with van der Waals surface area (Å²) in [5.41, 5.74) is 7.58. The van der Waals surface area contributed by atoms with Crippen LogP contribution < -0.4 is 15.5 Å². The fourth-order valence-electron chi connectivity index (χ4n) is 8.73. The average molecular weight is 707 g/mol. The first-order valence-electron chi connectivity index (χ1n) is 20.2. The number of ether oxygens (including phenoxy) is 1. The van der Waals surface area contributed by atoms with Gasteiger partial charge in [-0.05, 0) is 101 Å². The number of alkyl carbamates (subject to hydrolysis) is 1. The number of aryl methyl sites for hydroxylation is 2. The Hall–Kier alpha value is -3.51. The van der Waals surface area contributed by atoms with Crippen LogP contribution in [0.25, 0.3) is 0 Å². The lowest BCUT2D eigenvalue weighted by atomic mass is 9.76. The summed E-state index contributed by atoms with van der Waals surface area (Å²) < 4.78 is 5.49. The number of nitrogens with zero attached hydrogens (tertiary/aromatic N) is 2. The van der Waals surface area contributed by atoms with Crippen molar-refractivity contribution in [2.75, 3.05) is 38.1 Å². The number of allylic oxidation sites excluding steroid dienone is 2. The van der Waals surface area contributed by atoms with Crippen molar-refractivity contribution in [3.05, 3.63) is 101 Å². The first kappa shape index (κ1) is 38.2. The van der Waals surface area contributed by atoms with Crippen LogP contribution in [0.3, 0.4) is 0 Å². The van der Waals surface area contributed by atoms with Gasteiger partial charge in [0.2, 0.25) is 0 Å². The van der Waals surface area contributed by atoms with Gasteiger partial charge < -0.3 is 20.3 Å². The van der Waals surface area contributed by atoms with Crippen LogP contribution in [0.1, 0.15) is 109 Å². The highest BCUT2D eigenvalue weighted by atomic mass is 16.6. The average Bonchev–Trinajstić information content (AvgIpc) is 3.70. The molecule has 4 aliphatic rings. The van der Waals surface area contributed by atoms with Gasteiger partial charge in [-0.1, -0.05) is 106 Å². The second-order valence-electron chi connectivity index (χ2n) is 17.9. The van der Waals surface area contributed by atoms with Crippen LogP contribution in [0.15, 0.2) is 84.6 Å². The molecular formula is C46H66N4O2. The molecule has 282 valence electrons. The quantitative estimate of drug-likeness (QED) is 0.182. The van der Waals surface area contributed by atoms with Crippen LogP contribution in [-0.4, -0.2) is 61.4 Å². The fraction of sp³-hybridized carbons (Fsp3) is 0.587. The SMILES string of the molecule is C=C(CCN(CCN(C)c1ccc(CCC2CCCCC2)cc1)CC1=CCC(C)(c2ccc(C)cc2)C=C1)N[C@]12CC(NC(=O)OC(C)(C)C)C1C2. The number of hydrogen-bond acceptors (Lipinski definition) is 5. The van der Waals surface area contributed by atoms with E-state index in [1.54, 1.807) is 0 Å². The Labute approximate surface area is 315 Å². The largest absolute Gasteiger partial charge is 0.444 e. The van der Waals surface area contributed by atoms with Gasteiger partial charge in [-0.3, -0.25) is 4.90 Å². The van der Waals surface area contributed by atoms with Gasteiger partial charge in [-0.15, -0.1) is 0 Å². The Kier molecular flexibility index (Phi) is 11.9. The fourth-order valence-corrected chi connectivity index (χ4v) is 8.73. The smallest absolute Gasteiger partial charge is 0.407 e.